The van der Waals surface area contributed by atoms with Gasteiger partial charge in [-0.05, 0) is 49.1 Å². The van der Waals surface area contributed by atoms with Crippen LogP contribution < -0.4 is 0 Å². The number of carbonyl (C=O) groups is 2. The van der Waals surface area contributed by atoms with E-state index in [1.165, 1.54) is 0 Å². The lowest BCUT2D eigenvalue weighted by Crippen LogP contribution is -2.50. The minimum absolute atomic E-state index is 0.133. The Bertz CT molecular complexity index is 810. The molecule has 0 radical (unpaired) electrons. The summed E-state index contributed by atoms with van der Waals surface area (Å²) in [6.07, 6.45) is 1.68. The number of aliphatic hydroxyl groups excluding tert-OH is 1. The molecule has 2 aromatic carbocycles. The molecule has 2 aromatic rings. The second-order valence-corrected chi connectivity index (χ2v) is 8.10. The van der Waals surface area contributed by atoms with E-state index in [-0.39, 0.29) is 31.0 Å². The van der Waals surface area contributed by atoms with Gasteiger partial charge in [-0.25, -0.2) is 0 Å². The number of carbonyl (C=O) groups excluding carboxylic acids is 1. The first-order valence-electron chi connectivity index (χ1n) is 9.98. The molecule has 1 heterocycles. The number of aliphatic hydroxyl groups is 1. The van der Waals surface area contributed by atoms with Crippen LogP contribution in [0.3, 0.4) is 0 Å². The van der Waals surface area contributed by atoms with Crippen LogP contribution in [0.4, 0.5) is 0 Å². The van der Waals surface area contributed by atoms with Crippen LogP contribution in [0.1, 0.15) is 44.2 Å². The van der Waals surface area contributed by atoms with Crippen molar-refractivity contribution < 1.29 is 19.8 Å². The monoisotopic (exact) mass is 451 g/mol. The Hall–Kier alpha value is -2.08. The van der Waals surface area contributed by atoms with Crippen molar-refractivity contribution in [2.75, 3.05) is 6.61 Å². The lowest BCUT2D eigenvalue weighted by Gasteiger charge is -2.43. The van der Waals surface area contributed by atoms with Crippen molar-refractivity contribution in [2.24, 2.45) is 5.92 Å². The first kappa shape index (κ1) is 24.2. The standard InChI is InChI=1S/C17H22ClNO4.C6H5Cl/c1-2-14(10-20)19-15(11-3-6-13(18)7-4-11)8-5-12(17(19)23)9-16(21)22;7-6-4-2-1-3-5-6/h3-4,6-7,12,14-15,20H,2,5,8-10H2,1H3,(H,21,22);1-5H/t12-,14+,15+;/m1./s1. The van der Waals surface area contributed by atoms with Gasteiger partial charge in [0.15, 0.2) is 0 Å². The molecule has 0 bridgehead atoms. The van der Waals surface area contributed by atoms with Gasteiger partial charge in [0.1, 0.15) is 0 Å². The molecule has 3 atom stereocenters. The third-order valence-electron chi connectivity index (χ3n) is 5.21. The van der Waals surface area contributed by atoms with Gasteiger partial charge in [0, 0.05) is 16.0 Å². The SMILES string of the molecule is CC[C@@H](CO)N1C(=O)[C@@H](CC(=O)O)CC[C@H]1c1ccc(Cl)cc1.Clc1ccccc1. The molecular weight excluding hydrogens is 425 g/mol. The highest BCUT2D eigenvalue weighted by atomic mass is 35.5. The van der Waals surface area contributed by atoms with Crippen LogP contribution in [-0.4, -0.2) is 39.6 Å². The molecule has 0 aromatic heterocycles. The fraction of sp³-hybridized carbons (Fsp3) is 0.391. The van der Waals surface area contributed by atoms with E-state index in [0.717, 1.165) is 10.6 Å². The molecule has 0 unspecified atom stereocenters. The summed E-state index contributed by atoms with van der Waals surface area (Å²) in [4.78, 5) is 25.5. The number of amides is 1. The van der Waals surface area contributed by atoms with Gasteiger partial charge in [-0.2, -0.15) is 0 Å². The van der Waals surface area contributed by atoms with Crippen LogP contribution in [0.5, 0.6) is 0 Å². The Balaban J connectivity index is 0.000000386. The number of carboxylic acids is 1. The van der Waals surface area contributed by atoms with E-state index in [1.807, 2.05) is 49.4 Å². The summed E-state index contributed by atoms with van der Waals surface area (Å²) in [5.74, 6) is -1.67. The Kier molecular flexibility index (Phi) is 9.63. The molecule has 7 heteroatoms. The zero-order valence-electron chi connectivity index (χ0n) is 16.9. The second-order valence-electron chi connectivity index (χ2n) is 7.23. The minimum atomic E-state index is -0.967. The molecule has 0 saturated carbocycles. The van der Waals surface area contributed by atoms with Crippen molar-refractivity contribution in [2.45, 2.75) is 44.7 Å². The summed E-state index contributed by atoms with van der Waals surface area (Å²) in [7, 11) is 0. The first-order chi connectivity index (χ1) is 14.4. The van der Waals surface area contributed by atoms with E-state index in [9.17, 15) is 14.7 Å². The van der Waals surface area contributed by atoms with E-state index in [1.54, 1.807) is 17.0 Å². The number of nitrogens with zero attached hydrogens (tertiary/aromatic N) is 1. The third-order valence-corrected chi connectivity index (χ3v) is 5.72. The summed E-state index contributed by atoms with van der Waals surface area (Å²) in [6, 6.07) is 16.3. The topological polar surface area (TPSA) is 77.8 Å². The highest BCUT2D eigenvalue weighted by Crippen LogP contribution is 2.37. The Morgan fingerprint density at radius 3 is 2.13 bits per heavy atom. The summed E-state index contributed by atoms with van der Waals surface area (Å²) >= 11 is 11.5. The number of likely N-dealkylation sites (tertiary alicyclic amines) is 1. The van der Waals surface area contributed by atoms with Crippen molar-refractivity contribution in [3.05, 3.63) is 70.2 Å². The quantitative estimate of drug-likeness (QED) is 0.631. The molecule has 162 valence electrons. The average molecular weight is 452 g/mol. The molecule has 1 saturated heterocycles. The number of halogens is 2. The van der Waals surface area contributed by atoms with E-state index >= 15 is 0 Å². The zero-order valence-corrected chi connectivity index (χ0v) is 18.4. The van der Waals surface area contributed by atoms with Crippen LogP contribution in [0.25, 0.3) is 0 Å². The lowest BCUT2D eigenvalue weighted by atomic mass is 9.85. The van der Waals surface area contributed by atoms with Crippen molar-refractivity contribution in [3.63, 3.8) is 0 Å². The molecule has 0 spiro atoms. The maximum Gasteiger partial charge on any atom is 0.304 e. The summed E-state index contributed by atoms with van der Waals surface area (Å²) in [5, 5.41) is 20.1. The fourth-order valence-corrected chi connectivity index (χ4v) is 3.93. The molecule has 1 aliphatic rings. The molecule has 0 aliphatic carbocycles. The van der Waals surface area contributed by atoms with Crippen molar-refractivity contribution in [1.82, 2.24) is 4.90 Å². The van der Waals surface area contributed by atoms with Gasteiger partial charge in [0.05, 0.1) is 25.1 Å². The average Bonchev–Trinajstić information content (AvgIpc) is 2.73. The normalized spacial score (nSPS) is 19.6. The molecular formula is C23H27Cl2NO4. The van der Waals surface area contributed by atoms with E-state index < -0.39 is 11.9 Å². The summed E-state index contributed by atoms with van der Waals surface area (Å²) < 4.78 is 0. The molecule has 2 N–H and O–H groups in total. The van der Waals surface area contributed by atoms with Crippen molar-refractivity contribution in [3.8, 4) is 0 Å². The Morgan fingerprint density at radius 2 is 1.67 bits per heavy atom. The number of hydrogen-bond donors (Lipinski definition) is 2. The maximum absolute atomic E-state index is 12.8. The number of rotatable bonds is 6. The summed E-state index contributed by atoms with van der Waals surface area (Å²) in [5.41, 5.74) is 0.962. The van der Waals surface area contributed by atoms with Gasteiger partial charge in [-0.1, -0.05) is 60.5 Å². The van der Waals surface area contributed by atoms with Gasteiger partial charge in [-0.3, -0.25) is 9.59 Å². The third kappa shape index (κ3) is 6.73. The number of benzene rings is 2. The maximum atomic E-state index is 12.8. The minimum Gasteiger partial charge on any atom is -0.481 e. The van der Waals surface area contributed by atoms with E-state index in [0.29, 0.717) is 24.3 Å². The van der Waals surface area contributed by atoms with Gasteiger partial charge in [-0.15, -0.1) is 0 Å². The van der Waals surface area contributed by atoms with Crippen LogP contribution in [0.2, 0.25) is 10.0 Å². The summed E-state index contributed by atoms with van der Waals surface area (Å²) in [6.45, 7) is 1.78. The Labute approximate surface area is 187 Å². The van der Waals surface area contributed by atoms with Crippen LogP contribution in [-0.2, 0) is 9.59 Å². The van der Waals surface area contributed by atoms with E-state index in [4.69, 9.17) is 28.3 Å². The van der Waals surface area contributed by atoms with Gasteiger partial charge in [0.2, 0.25) is 5.91 Å². The van der Waals surface area contributed by atoms with Gasteiger partial charge >= 0.3 is 5.97 Å². The largest absolute Gasteiger partial charge is 0.481 e. The number of carboxylic acid groups (broad SMARTS) is 1. The molecule has 1 aliphatic heterocycles. The first-order valence-corrected chi connectivity index (χ1v) is 10.7. The number of aliphatic carboxylic acids is 1. The second kappa shape index (κ2) is 11.9. The molecule has 3 rings (SSSR count). The number of hydrogen-bond acceptors (Lipinski definition) is 3. The van der Waals surface area contributed by atoms with Crippen LogP contribution >= 0.6 is 23.2 Å². The predicted octanol–water partition coefficient (Wildman–Crippen LogP) is 5.21. The molecule has 1 fully saturated rings. The number of piperidine rings is 1. The Morgan fingerprint density at radius 1 is 1.07 bits per heavy atom. The lowest BCUT2D eigenvalue weighted by molar-refractivity contribution is -0.152. The molecule has 1 amide bonds. The van der Waals surface area contributed by atoms with Gasteiger partial charge < -0.3 is 15.1 Å². The van der Waals surface area contributed by atoms with Gasteiger partial charge in [0.25, 0.3) is 0 Å². The smallest absolute Gasteiger partial charge is 0.304 e. The fourth-order valence-electron chi connectivity index (χ4n) is 3.66. The molecule has 5 nitrogen and oxygen atoms in total. The highest BCUT2D eigenvalue weighted by molar-refractivity contribution is 6.30. The molecule has 30 heavy (non-hydrogen) atoms. The highest BCUT2D eigenvalue weighted by Gasteiger charge is 2.39. The van der Waals surface area contributed by atoms with Crippen LogP contribution in [0.15, 0.2) is 54.6 Å². The zero-order chi connectivity index (χ0) is 22.1. The van der Waals surface area contributed by atoms with E-state index in [2.05, 4.69) is 0 Å². The van der Waals surface area contributed by atoms with Crippen molar-refractivity contribution in [1.29, 1.82) is 0 Å². The van der Waals surface area contributed by atoms with Crippen molar-refractivity contribution >= 4 is 35.1 Å². The predicted molar refractivity (Wildman–Crippen MR) is 119 cm³/mol. The van der Waals surface area contributed by atoms with Crippen LogP contribution in [0, 0.1) is 5.92 Å².